The van der Waals surface area contributed by atoms with Crippen LogP contribution in [0.3, 0.4) is 0 Å². The summed E-state index contributed by atoms with van der Waals surface area (Å²) in [6.45, 7) is 0. The van der Waals surface area contributed by atoms with Crippen molar-refractivity contribution in [2.75, 3.05) is 10.6 Å². The van der Waals surface area contributed by atoms with Gasteiger partial charge in [0.2, 0.25) is 0 Å². The van der Waals surface area contributed by atoms with E-state index in [-0.39, 0.29) is 11.3 Å². The molecule has 0 bridgehead atoms. The predicted molar refractivity (Wildman–Crippen MR) is 104 cm³/mol. The molecular formula is C20H15ClN2O4. The van der Waals surface area contributed by atoms with Gasteiger partial charge in [-0.3, -0.25) is 0 Å². The molecule has 3 aromatic carbocycles. The summed E-state index contributed by atoms with van der Waals surface area (Å²) in [7, 11) is 0. The number of aromatic hydroxyl groups is 1. The van der Waals surface area contributed by atoms with E-state index in [0.717, 1.165) is 0 Å². The van der Waals surface area contributed by atoms with Crippen LogP contribution < -0.4 is 15.4 Å². The van der Waals surface area contributed by atoms with E-state index in [2.05, 4.69) is 10.6 Å². The van der Waals surface area contributed by atoms with E-state index < -0.39 is 12.0 Å². The van der Waals surface area contributed by atoms with Gasteiger partial charge in [-0.05, 0) is 42.5 Å². The zero-order chi connectivity index (χ0) is 19.2. The molecule has 27 heavy (non-hydrogen) atoms. The number of carbonyl (C=O) groups is 2. The number of urea groups is 1. The standard InChI is InChI=1S/C20H15ClN2O4/c21-13-5-4-6-14(11-13)22-20(26)23-15-9-10-17(18(24)12-15)19(25)27-16-7-2-1-3-8-16/h1-12,24H,(H2,22,23,26). The van der Waals surface area contributed by atoms with Crippen LogP contribution in [0.25, 0.3) is 0 Å². The number of hydrogen-bond acceptors (Lipinski definition) is 4. The predicted octanol–water partition coefficient (Wildman–Crippen LogP) is 4.91. The van der Waals surface area contributed by atoms with Crippen LogP contribution in [0.2, 0.25) is 5.02 Å². The normalized spacial score (nSPS) is 10.1. The van der Waals surface area contributed by atoms with Crippen molar-refractivity contribution >= 4 is 35.0 Å². The molecule has 3 N–H and O–H groups in total. The molecule has 0 saturated carbocycles. The minimum absolute atomic E-state index is 0.0142. The maximum absolute atomic E-state index is 12.1. The van der Waals surface area contributed by atoms with Crippen LogP contribution in [0.1, 0.15) is 10.4 Å². The second kappa shape index (κ2) is 8.25. The van der Waals surface area contributed by atoms with Crippen molar-refractivity contribution in [1.29, 1.82) is 0 Å². The highest BCUT2D eigenvalue weighted by molar-refractivity contribution is 6.30. The Kier molecular flexibility index (Phi) is 5.58. The largest absolute Gasteiger partial charge is 0.507 e. The van der Waals surface area contributed by atoms with Gasteiger partial charge in [-0.2, -0.15) is 0 Å². The zero-order valence-corrected chi connectivity index (χ0v) is 14.7. The first kappa shape index (κ1) is 18.3. The number of amides is 2. The summed E-state index contributed by atoms with van der Waals surface area (Å²) < 4.78 is 5.18. The van der Waals surface area contributed by atoms with Crippen molar-refractivity contribution in [3.8, 4) is 11.5 Å². The van der Waals surface area contributed by atoms with E-state index in [1.165, 1.54) is 18.2 Å². The summed E-state index contributed by atoms with van der Waals surface area (Å²) in [5, 5.41) is 15.8. The number of phenols is 1. The summed E-state index contributed by atoms with van der Waals surface area (Å²) in [4.78, 5) is 24.2. The average Bonchev–Trinajstić information content (AvgIpc) is 2.62. The van der Waals surface area contributed by atoms with Crippen molar-refractivity contribution < 1.29 is 19.4 Å². The zero-order valence-electron chi connectivity index (χ0n) is 14.0. The number of carbonyl (C=O) groups excluding carboxylic acids is 2. The maximum atomic E-state index is 12.1. The van der Waals surface area contributed by atoms with Gasteiger partial charge in [0, 0.05) is 22.5 Å². The van der Waals surface area contributed by atoms with Crippen LogP contribution in [0.4, 0.5) is 16.2 Å². The van der Waals surface area contributed by atoms with E-state index in [1.807, 2.05) is 0 Å². The molecule has 0 aromatic heterocycles. The van der Waals surface area contributed by atoms with Gasteiger partial charge in [0.1, 0.15) is 17.1 Å². The molecule has 0 saturated heterocycles. The highest BCUT2D eigenvalue weighted by atomic mass is 35.5. The fourth-order valence-electron chi connectivity index (χ4n) is 2.29. The van der Waals surface area contributed by atoms with Gasteiger partial charge in [0.05, 0.1) is 0 Å². The second-order valence-electron chi connectivity index (χ2n) is 5.52. The number of halogens is 1. The molecule has 0 atom stereocenters. The van der Waals surface area contributed by atoms with Crippen molar-refractivity contribution in [1.82, 2.24) is 0 Å². The molecule has 0 fully saturated rings. The fraction of sp³-hybridized carbons (Fsp3) is 0. The number of para-hydroxylation sites is 1. The minimum atomic E-state index is -0.700. The monoisotopic (exact) mass is 382 g/mol. The molecule has 0 heterocycles. The summed E-state index contributed by atoms with van der Waals surface area (Å²) in [6, 6.07) is 18.8. The number of rotatable bonds is 4. The Labute approximate surface area is 160 Å². The summed E-state index contributed by atoms with van der Waals surface area (Å²) in [5.41, 5.74) is 0.815. The lowest BCUT2D eigenvalue weighted by Gasteiger charge is -2.10. The summed E-state index contributed by atoms with van der Waals surface area (Å²) >= 11 is 5.87. The number of benzene rings is 3. The Morgan fingerprint density at radius 1 is 0.852 bits per heavy atom. The number of esters is 1. The quantitative estimate of drug-likeness (QED) is 0.442. The Bertz CT molecular complexity index is 977. The summed E-state index contributed by atoms with van der Waals surface area (Å²) in [5.74, 6) is -0.643. The minimum Gasteiger partial charge on any atom is -0.507 e. The molecule has 0 radical (unpaired) electrons. The van der Waals surface area contributed by atoms with Gasteiger partial charge < -0.3 is 20.5 Å². The Balaban J connectivity index is 1.65. The smallest absolute Gasteiger partial charge is 0.347 e. The Morgan fingerprint density at radius 3 is 2.22 bits per heavy atom. The molecular weight excluding hydrogens is 368 g/mol. The molecule has 0 aliphatic carbocycles. The highest BCUT2D eigenvalue weighted by Gasteiger charge is 2.15. The number of hydrogen-bond donors (Lipinski definition) is 3. The van der Waals surface area contributed by atoms with Crippen LogP contribution in [0, 0.1) is 0 Å². The van der Waals surface area contributed by atoms with E-state index >= 15 is 0 Å². The molecule has 0 unspecified atom stereocenters. The lowest BCUT2D eigenvalue weighted by atomic mass is 10.2. The second-order valence-corrected chi connectivity index (χ2v) is 5.96. The van der Waals surface area contributed by atoms with E-state index in [0.29, 0.717) is 22.1 Å². The molecule has 7 heteroatoms. The van der Waals surface area contributed by atoms with Crippen LogP contribution in [-0.2, 0) is 0 Å². The molecule has 3 aromatic rings. The first-order valence-corrected chi connectivity index (χ1v) is 8.33. The number of nitrogens with one attached hydrogen (secondary N) is 2. The van der Waals surface area contributed by atoms with E-state index in [9.17, 15) is 14.7 Å². The SMILES string of the molecule is O=C(Nc1cccc(Cl)c1)Nc1ccc(C(=O)Oc2ccccc2)c(O)c1. The molecule has 0 spiro atoms. The van der Waals surface area contributed by atoms with Crippen molar-refractivity contribution in [2.24, 2.45) is 0 Å². The van der Waals surface area contributed by atoms with Crippen LogP contribution in [0.15, 0.2) is 72.8 Å². The molecule has 136 valence electrons. The third kappa shape index (κ3) is 4.99. The first-order valence-electron chi connectivity index (χ1n) is 7.95. The lowest BCUT2D eigenvalue weighted by Crippen LogP contribution is -2.19. The van der Waals surface area contributed by atoms with Crippen LogP contribution in [-0.4, -0.2) is 17.1 Å². The van der Waals surface area contributed by atoms with Crippen LogP contribution in [0.5, 0.6) is 11.5 Å². The van der Waals surface area contributed by atoms with Gasteiger partial charge in [0.25, 0.3) is 0 Å². The van der Waals surface area contributed by atoms with E-state index in [4.69, 9.17) is 16.3 Å². The Morgan fingerprint density at radius 2 is 1.56 bits per heavy atom. The third-order valence-corrected chi connectivity index (χ3v) is 3.75. The molecule has 6 nitrogen and oxygen atoms in total. The van der Waals surface area contributed by atoms with Gasteiger partial charge >= 0.3 is 12.0 Å². The average molecular weight is 383 g/mol. The summed E-state index contributed by atoms with van der Waals surface area (Å²) in [6.07, 6.45) is 0. The molecule has 0 aliphatic rings. The van der Waals surface area contributed by atoms with Gasteiger partial charge in [-0.25, -0.2) is 9.59 Å². The number of ether oxygens (including phenoxy) is 1. The topological polar surface area (TPSA) is 87.7 Å². The van der Waals surface area contributed by atoms with Crippen LogP contribution >= 0.6 is 11.6 Å². The highest BCUT2D eigenvalue weighted by Crippen LogP contribution is 2.24. The fourth-order valence-corrected chi connectivity index (χ4v) is 2.48. The maximum Gasteiger partial charge on any atom is 0.347 e. The first-order chi connectivity index (χ1) is 13.0. The van der Waals surface area contributed by atoms with Crippen molar-refractivity contribution in [2.45, 2.75) is 0 Å². The van der Waals surface area contributed by atoms with Crippen molar-refractivity contribution in [3.63, 3.8) is 0 Å². The molecule has 3 rings (SSSR count). The molecule has 0 aliphatic heterocycles. The van der Waals surface area contributed by atoms with E-state index in [1.54, 1.807) is 54.6 Å². The Hall–Kier alpha value is -3.51. The van der Waals surface area contributed by atoms with Gasteiger partial charge in [0.15, 0.2) is 0 Å². The molecule has 2 amide bonds. The third-order valence-electron chi connectivity index (χ3n) is 3.51. The van der Waals surface area contributed by atoms with Gasteiger partial charge in [-0.15, -0.1) is 0 Å². The lowest BCUT2D eigenvalue weighted by molar-refractivity contribution is 0.0731. The van der Waals surface area contributed by atoms with Crippen molar-refractivity contribution in [3.05, 3.63) is 83.4 Å². The number of phenolic OH excluding ortho intramolecular Hbond substituents is 1. The number of anilines is 2. The van der Waals surface area contributed by atoms with Gasteiger partial charge in [-0.1, -0.05) is 35.9 Å².